The van der Waals surface area contributed by atoms with Crippen LogP contribution in [0.5, 0.6) is 5.75 Å². The van der Waals surface area contributed by atoms with E-state index in [9.17, 15) is 4.79 Å². The summed E-state index contributed by atoms with van der Waals surface area (Å²) in [6.45, 7) is 0.754. The largest absolute Gasteiger partial charge is 0.495 e. The lowest BCUT2D eigenvalue weighted by Crippen LogP contribution is -2.25. The Morgan fingerprint density at radius 3 is 2.94 bits per heavy atom. The Morgan fingerprint density at radius 1 is 1.32 bits per heavy atom. The van der Waals surface area contributed by atoms with Gasteiger partial charge in [0.25, 0.3) is 0 Å². The summed E-state index contributed by atoms with van der Waals surface area (Å²) in [6.07, 6.45) is 8.75. The molecule has 0 atom stereocenters. The maximum absolute atomic E-state index is 10.6. The highest BCUT2D eigenvalue weighted by atomic mass is 32.1. The molecule has 3 heterocycles. The second-order valence-corrected chi connectivity index (χ2v) is 9.13. The molecule has 0 saturated heterocycles. The molecule has 0 aliphatic heterocycles. The zero-order valence-corrected chi connectivity index (χ0v) is 18.2. The van der Waals surface area contributed by atoms with Crippen LogP contribution < -0.4 is 15.8 Å². The van der Waals surface area contributed by atoms with E-state index in [1.165, 1.54) is 0 Å². The first-order valence-electron chi connectivity index (χ1n) is 10.6. The fourth-order valence-corrected chi connectivity index (χ4v) is 5.84. The number of hydrogen-bond acceptors (Lipinski definition) is 6. The molecule has 3 aromatic heterocycles. The summed E-state index contributed by atoms with van der Waals surface area (Å²) < 4.78 is 8.77. The van der Waals surface area contributed by atoms with Crippen molar-refractivity contribution in [2.24, 2.45) is 5.92 Å². The van der Waals surface area contributed by atoms with Gasteiger partial charge in [0.05, 0.1) is 16.7 Å². The van der Waals surface area contributed by atoms with Gasteiger partial charge in [-0.1, -0.05) is 12.1 Å². The highest BCUT2D eigenvalue weighted by molar-refractivity contribution is 7.22. The molecule has 160 valence electrons. The number of imidazole rings is 1. The van der Waals surface area contributed by atoms with Crippen molar-refractivity contribution < 1.29 is 9.53 Å². The molecule has 4 aromatic rings. The first-order valence-corrected chi connectivity index (χ1v) is 11.4. The predicted molar refractivity (Wildman–Crippen MR) is 124 cm³/mol. The van der Waals surface area contributed by atoms with Crippen LogP contribution >= 0.6 is 11.3 Å². The van der Waals surface area contributed by atoms with Crippen LogP contribution in [-0.2, 0) is 4.79 Å². The number of fused-ring (bicyclic) bond motifs is 2. The molecule has 0 radical (unpaired) electrons. The molecule has 0 unspecified atom stereocenters. The summed E-state index contributed by atoms with van der Waals surface area (Å²) in [5, 5.41) is 3.95. The minimum Gasteiger partial charge on any atom is -0.495 e. The maximum atomic E-state index is 10.6. The van der Waals surface area contributed by atoms with E-state index in [4.69, 9.17) is 15.5 Å². The molecule has 7 nitrogen and oxygen atoms in total. The number of hydrogen-bond donors (Lipinski definition) is 2. The fraction of sp³-hybridized carbons (Fsp3) is 0.348. The molecule has 0 spiro atoms. The van der Waals surface area contributed by atoms with E-state index in [1.54, 1.807) is 24.6 Å². The highest BCUT2D eigenvalue weighted by Gasteiger charge is 2.28. The van der Waals surface area contributed by atoms with Crippen LogP contribution in [0.15, 0.2) is 36.7 Å². The quantitative estimate of drug-likeness (QED) is 0.442. The summed E-state index contributed by atoms with van der Waals surface area (Å²) >= 11 is 1.67. The molecule has 1 fully saturated rings. The third-order valence-corrected chi connectivity index (χ3v) is 7.45. The molecular formula is C23H25N5O2S. The monoisotopic (exact) mass is 435 g/mol. The lowest BCUT2D eigenvalue weighted by molar-refractivity contribution is -0.109. The maximum Gasteiger partial charge on any atom is 0.207 e. The SMILES string of the molecule is COc1cccc2cc(-c3nc([C@H]4CC[C@H](CNC=O)CC4)n4ccnc(N)c34)sc12. The number of nitrogen functional groups attached to an aromatic ring is 1. The van der Waals surface area contributed by atoms with Crippen molar-refractivity contribution in [3.63, 3.8) is 0 Å². The van der Waals surface area contributed by atoms with Gasteiger partial charge in [-0.25, -0.2) is 9.97 Å². The van der Waals surface area contributed by atoms with Gasteiger partial charge >= 0.3 is 0 Å². The standard InChI is InChI=1S/C23H25N5O2S/c1-30-17-4-2-3-16-11-18(31-21(16)17)19-20-22(24)26-9-10-28(20)23(27-19)15-7-5-14(6-8-15)12-25-13-29/h2-4,9-11,13-15H,5-8,12H2,1H3,(H2,24,26)(H,25,29)/t14-,15-. The molecular weight excluding hydrogens is 410 g/mol. The Morgan fingerprint density at radius 2 is 2.16 bits per heavy atom. The van der Waals surface area contributed by atoms with Crippen LogP contribution in [0.3, 0.4) is 0 Å². The van der Waals surface area contributed by atoms with Gasteiger partial charge in [-0.3, -0.25) is 9.20 Å². The third-order valence-electron chi connectivity index (χ3n) is 6.27. The first kappa shape index (κ1) is 19.8. The van der Waals surface area contributed by atoms with Gasteiger partial charge in [0, 0.05) is 24.9 Å². The van der Waals surface area contributed by atoms with Crippen LogP contribution in [0.25, 0.3) is 26.2 Å². The minimum atomic E-state index is 0.361. The first-order chi connectivity index (χ1) is 15.2. The van der Waals surface area contributed by atoms with Crippen LogP contribution in [-0.4, -0.2) is 34.4 Å². The van der Waals surface area contributed by atoms with Crippen LogP contribution in [0.2, 0.25) is 0 Å². The second kappa shape index (κ2) is 8.19. The molecule has 8 heteroatoms. The summed E-state index contributed by atoms with van der Waals surface area (Å²) in [7, 11) is 1.70. The normalized spacial score (nSPS) is 19.0. The van der Waals surface area contributed by atoms with Gasteiger partial charge in [0.1, 0.15) is 28.6 Å². The van der Waals surface area contributed by atoms with Crippen LogP contribution in [0.4, 0.5) is 5.82 Å². The zero-order valence-electron chi connectivity index (χ0n) is 17.4. The second-order valence-electron chi connectivity index (χ2n) is 8.08. The number of benzene rings is 1. The number of rotatable bonds is 6. The van der Waals surface area contributed by atoms with Gasteiger partial charge in [-0.05, 0) is 49.1 Å². The molecule has 1 saturated carbocycles. The van der Waals surface area contributed by atoms with Gasteiger partial charge in [0.2, 0.25) is 6.41 Å². The molecule has 1 aromatic carbocycles. The number of carbonyl (C=O) groups excluding carboxylic acids is 1. The number of amides is 1. The predicted octanol–water partition coefficient (Wildman–Crippen LogP) is 4.22. The third kappa shape index (κ3) is 3.50. The lowest BCUT2D eigenvalue weighted by Gasteiger charge is -2.27. The highest BCUT2D eigenvalue weighted by Crippen LogP contribution is 2.42. The molecule has 3 N–H and O–H groups in total. The average Bonchev–Trinajstić information content (AvgIpc) is 3.40. The number of thiophene rings is 1. The Bertz CT molecular complexity index is 1240. The number of carbonyl (C=O) groups is 1. The number of ether oxygens (including phenoxy) is 1. The summed E-state index contributed by atoms with van der Waals surface area (Å²) in [5.74, 6) is 3.30. The van der Waals surface area contributed by atoms with E-state index in [0.29, 0.717) is 17.7 Å². The number of nitrogens with two attached hydrogens (primary N) is 1. The molecule has 1 aliphatic rings. The van der Waals surface area contributed by atoms with Gasteiger partial charge < -0.3 is 15.8 Å². The summed E-state index contributed by atoms with van der Waals surface area (Å²) in [6, 6.07) is 8.23. The Hall–Kier alpha value is -3.13. The van der Waals surface area contributed by atoms with Gasteiger partial charge in [-0.2, -0.15) is 0 Å². The number of methoxy groups -OCH3 is 1. The molecule has 1 amide bonds. The molecule has 1 aliphatic carbocycles. The van der Waals surface area contributed by atoms with Gasteiger partial charge in [-0.15, -0.1) is 11.3 Å². The number of nitrogens with one attached hydrogen (secondary N) is 1. The van der Waals surface area contributed by atoms with Crippen molar-refractivity contribution in [2.45, 2.75) is 31.6 Å². The zero-order chi connectivity index (χ0) is 21.4. The van der Waals surface area contributed by atoms with E-state index in [2.05, 4.69) is 26.8 Å². The average molecular weight is 436 g/mol. The molecule has 0 bridgehead atoms. The van der Waals surface area contributed by atoms with E-state index in [-0.39, 0.29) is 0 Å². The van der Waals surface area contributed by atoms with Crippen molar-refractivity contribution in [1.82, 2.24) is 19.7 Å². The lowest BCUT2D eigenvalue weighted by atomic mass is 9.81. The smallest absolute Gasteiger partial charge is 0.207 e. The number of nitrogens with zero attached hydrogens (tertiary/aromatic N) is 3. The fourth-order valence-electron chi connectivity index (χ4n) is 4.70. The topological polar surface area (TPSA) is 94.5 Å². The van der Waals surface area contributed by atoms with E-state index >= 15 is 0 Å². The minimum absolute atomic E-state index is 0.361. The van der Waals surface area contributed by atoms with Crippen molar-refractivity contribution in [1.29, 1.82) is 0 Å². The van der Waals surface area contributed by atoms with Crippen molar-refractivity contribution in [2.75, 3.05) is 19.4 Å². The van der Waals surface area contributed by atoms with E-state index in [1.807, 2.05) is 18.3 Å². The summed E-state index contributed by atoms with van der Waals surface area (Å²) in [4.78, 5) is 21.1. The number of aromatic nitrogens is 3. The van der Waals surface area contributed by atoms with Crippen LogP contribution in [0.1, 0.15) is 37.4 Å². The number of anilines is 1. The molecule has 5 rings (SSSR count). The molecule has 31 heavy (non-hydrogen) atoms. The van der Waals surface area contributed by atoms with Crippen molar-refractivity contribution in [3.8, 4) is 16.3 Å². The van der Waals surface area contributed by atoms with Gasteiger partial charge in [0.15, 0.2) is 0 Å². The van der Waals surface area contributed by atoms with Crippen LogP contribution in [0, 0.1) is 5.92 Å². The van der Waals surface area contributed by atoms with Crippen molar-refractivity contribution >= 4 is 39.2 Å². The Labute approximate surface area is 184 Å². The summed E-state index contributed by atoms with van der Waals surface area (Å²) in [5.41, 5.74) is 8.08. The van der Waals surface area contributed by atoms with E-state index in [0.717, 1.165) is 76.4 Å². The van der Waals surface area contributed by atoms with Crippen molar-refractivity contribution in [3.05, 3.63) is 42.5 Å². The Balaban J connectivity index is 1.56. The van der Waals surface area contributed by atoms with E-state index < -0.39 is 0 Å². The Kier molecular flexibility index (Phi) is 5.23.